The molecule has 2 aliphatic rings. The molecule has 2 aliphatic heterocycles. The Labute approximate surface area is 100 Å². The number of esters is 1. The van der Waals surface area contributed by atoms with Gasteiger partial charge in [-0.15, -0.1) is 0 Å². The molecule has 0 radical (unpaired) electrons. The number of carbonyl (C=O) groups excluding carboxylic acids is 1. The number of nitrogens with zero attached hydrogens (tertiary/aromatic N) is 3. The summed E-state index contributed by atoms with van der Waals surface area (Å²) in [5.41, 5.74) is 0.629. The molecule has 0 N–H and O–H groups in total. The molecule has 94 valence electrons. The van der Waals surface area contributed by atoms with Gasteiger partial charge in [-0.3, -0.25) is 0 Å². The summed E-state index contributed by atoms with van der Waals surface area (Å²) in [7, 11) is 0. The van der Waals surface area contributed by atoms with Crippen molar-refractivity contribution in [1.29, 1.82) is 0 Å². The van der Waals surface area contributed by atoms with Crippen molar-refractivity contribution in [3.63, 3.8) is 0 Å². The Morgan fingerprint density at radius 2 is 2.47 bits per heavy atom. The van der Waals surface area contributed by atoms with Crippen LogP contribution in [0.5, 0.6) is 0 Å². The van der Waals surface area contributed by atoms with Crippen LogP contribution in [-0.2, 0) is 14.3 Å². The average Bonchev–Trinajstić information content (AvgIpc) is 2.87. The molecule has 2 heterocycles. The zero-order valence-electron chi connectivity index (χ0n) is 10.1. The molecule has 0 saturated carbocycles. The molecule has 0 amide bonds. The van der Waals surface area contributed by atoms with Gasteiger partial charge in [0.25, 0.3) is 0 Å². The van der Waals surface area contributed by atoms with Crippen LogP contribution in [-0.4, -0.2) is 37.0 Å². The van der Waals surface area contributed by atoms with Crippen molar-refractivity contribution in [2.45, 2.75) is 26.5 Å². The molecule has 6 nitrogen and oxygen atoms in total. The maximum absolute atomic E-state index is 11.3. The van der Waals surface area contributed by atoms with E-state index in [1.807, 2.05) is 0 Å². The molecule has 0 bridgehead atoms. The summed E-state index contributed by atoms with van der Waals surface area (Å²) in [6, 6.07) is 0. The second-order valence-corrected chi connectivity index (χ2v) is 4.52. The highest BCUT2D eigenvalue weighted by Crippen LogP contribution is 2.19. The van der Waals surface area contributed by atoms with E-state index in [0.717, 1.165) is 0 Å². The van der Waals surface area contributed by atoms with Crippen molar-refractivity contribution in [2.75, 3.05) is 19.8 Å². The van der Waals surface area contributed by atoms with Crippen LogP contribution in [0.3, 0.4) is 0 Å². The number of rotatable bonds is 4. The lowest BCUT2D eigenvalue weighted by molar-refractivity contribution is -0.135. The van der Waals surface area contributed by atoms with Crippen LogP contribution in [0.15, 0.2) is 22.1 Å². The molecule has 17 heavy (non-hydrogen) atoms. The molecule has 1 saturated heterocycles. The van der Waals surface area contributed by atoms with Gasteiger partial charge in [0, 0.05) is 12.6 Å². The third-order valence-corrected chi connectivity index (χ3v) is 2.48. The molecule has 1 fully saturated rings. The van der Waals surface area contributed by atoms with E-state index in [1.165, 1.54) is 0 Å². The molecular formula is C11H17N3O3. The normalized spacial score (nSPS) is 26.3. The van der Waals surface area contributed by atoms with Gasteiger partial charge in [0.2, 0.25) is 0 Å². The third kappa shape index (κ3) is 3.03. The minimum absolute atomic E-state index is 0.196. The fraction of sp³-hybridized carbons (Fsp3) is 0.727. The smallest absolute Gasteiger partial charge is 0.335 e. The van der Waals surface area contributed by atoms with Crippen LogP contribution < -0.4 is 0 Å². The van der Waals surface area contributed by atoms with Crippen LogP contribution in [0.25, 0.3) is 0 Å². The summed E-state index contributed by atoms with van der Waals surface area (Å²) < 4.78 is 10.5. The van der Waals surface area contributed by atoms with E-state index in [-0.39, 0.29) is 12.2 Å². The molecule has 0 aromatic carbocycles. The molecule has 2 rings (SSSR count). The number of hydrogen-bond acceptors (Lipinski definition) is 6. The van der Waals surface area contributed by atoms with E-state index in [4.69, 9.17) is 9.47 Å². The minimum atomic E-state index is -0.269. The van der Waals surface area contributed by atoms with Crippen molar-refractivity contribution in [2.24, 2.45) is 16.3 Å². The van der Waals surface area contributed by atoms with Crippen molar-refractivity contribution in [1.82, 2.24) is 5.01 Å². The minimum Gasteiger partial charge on any atom is -0.462 e. The first-order valence-corrected chi connectivity index (χ1v) is 5.82. The molecule has 0 aromatic heterocycles. The van der Waals surface area contributed by atoms with Crippen LogP contribution in [0.4, 0.5) is 0 Å². The zero-order chi connectivity index (χ0) is 12.3. The zero-order valence-corrected chi connectivity index (χ0v) is 10.1. The number of ether oxygens (including phenoxy) is 2. The summed E-state index contributed by atoms with van der Waals surface area (Å²) in [5.74, 6) is 0.191. The lowest BCUT2D eigenvalue weighted by atomic mass is 10.2. The Kier molecular flexibility index (Phi) is 3.73. The van der Waals surface area contributed by atoms with Crippen molar-refractivity contribution in [3.05, 3.63) is 11.8 Å². The van der Waals surface area contributed by atoms with Gasteiger partial charge in [-0.25, -0.2) is 9.80 Å². The molecule has 1 atom stereocenters. The predicted molar refractivity (Wildman–Crippen MR) is 59.8 cm³/mol. The second-order valence-electron chi connectivity index (χ2n) is 4.52. The first kappa shape index (κ1) is 12.0. The number of carbonyl (C=O) groups is 1. The van der Waals surface area contributed by atoms with Crippen molar-refractivity contribution < 1.29 is 14.3 Å². The van der Waals surface area contributed by atoms with Gasteiger partial charge in [0.1, 0.15) is 6.54 Å². The predicted octanol–water partition coefficient (Wildman–Crippen LogP) is 1.50. The molecule has 0 aromatic rings. The maximum Gasteiger partial charge on any atom is 0.335 e. The molecule has 0 aliphatic carbocycles. The van der Waals surface area contributed by atoms with Crippen molar-refractivity contribution in [3.8, 4) is 0 Å². The summed E-state index contributed by atoms with van der Waals surface area (Å²) in [4.78, 5) is 11.3. The van der Waals surface area contributed by atoms with Gasteiger partial charge < -0.3 is 9.47 Å². The van der Waals surface area contributed by atoms with E-state index in [1.54, 1.807) is 11.2 Å². The Balaban J connectivity index is 1.94. The van der Waals surface area contributed by atoms with Gasteiger partial charge >= 0.3 is 5.97 Å². The van der Waals surface area contributed by atoms with Gasteiger partial charge in [-0.05, 0) is 5.92 Å². The lowest BCUT2D eigenvalue weighted by Crippen LogP contribution is -2.29. The topological polar surface area (TPSA) is 63.5 Å². The maximum atomic E-state index is 11.3. The molecule has 0 unspecified atom stereocenters. The summed E-state index contributed by atoms with van der Waals surface area (Å²) >= 11 is 0. The Hall–Kier alpha value is -1.43. The lowest BCUT2D eigenvalue weighted by Gasteiger charge is -2.19. The standard InChI is InChI=1S/C11H17N3O3/c1-8(2)7-17-10-5-12-13-14(10)6-9-3-4-16-11(9)15/h6,8,10H,3-5,7H2,1-2H3/b9-6-/t10-/m1/s1. The monoisotopic (exact) mass is 239 g/mol. The number of cyclic esters (lactones) is 1. The Morgan fingerprint density at radius 1 is 1.65 bits per heavy atom. The fourth-order valence-electron chi connectivity index (χ4n) is 1.59. The van der Waals surface area contributed by atoms with Crippen molar-refractivity contribution >= 4 is 5.97 Å². The van der Waals surface area contributed by atoms with E-state index in [2.05, 4.69) is 24.2 Å². The number of hydrogen-bond donors (Lipinski definition) is 0. The Morgan fingerprint density at radius 3 is 3.12 bits per heavy atom. The van der Waals surface area contributed by atoms with Crippen LogP contribution >= 0.6 is 0 Å². The highest BCUT2D eigenvalue weighted by atomic mass is 16.5. The van der Waals surface area contributed by atoms with Gasteiger partial charge in [0.15, 0.2) is 6.23 Å². The quantitative estimate of drug-likeness (QED) is 0.551. The highest BCUT2D eigenvalue weighted by Gasteiger charge is 2.26. The SMILES string of the molecule is CC(C)CO[C@@H]1CN=NN1/C=C1/CCOC1=O. The first-order valence-electron chi connectivity index (χ1n) is 5.82. The summed E-state index contributed by atoms with van der Waals surface area (Å²) in [6.07, 6.45) is 2.11. The van der Waals surface area contributed by atoms with E-state index >= 15 is 0 Å². The summed E-state index contributed by atoms with van der Waals surface area (Å²) in [6.45, 7) is 5.78. The summed E-state index contributed by atoms with van der Waals surface area (Å²) in [5, 5.41) is 9.46. The second kappa shape index (κ2) is 5.27. The van der Waals surface area contributed by atoms with Crippen LogP contribution in [0.1, 0.15) is 20.3 Å². The van der Waals surface area contributed by atoms with E-state index < -0.39 is 0 Å². The average molecular weight is 239 g/mol. The largest absolute Gasteiger partial charge is 0.462 e. The molecule has 6 heteroatoms. The van der Waals surface area contributed by atoms with E-state index in [0.29, 0.717) is 37.7 Å². The Bertz CT molecular complexity index is 352. The van der Waals surface area contributed by atoms with Crippen LogP contribution in [0, 0.1) is 5.92 Å². The fourth-order valence-corrected chi connectivity index (χ4v) is 1.59. The van der Waals surface area contributed by atoms with Gasteiger partial charge in [0.05, 0.1) is 18.8 Å². The van der Waals surface area contributed by atoms with Crippen LogP contribution in [0.2, 0.25) is 0 Å². The highest BCUT2D eigenvalue weighted by molar-refractivity contribution is 5.90. The van der Waals surface area contributed by atoms with Gasteiger partial charge in [-0.1, -0.05) is 19.1 Å². The molecule has 0 spiro atoms. The van der Waals surface area contributed by atoms with Gasteiger partial charge in [-0.2, -0.15) is 5.11 Å². The molecular weight excluding hydrogens is 222 g/mol. The first-order chi connectivity index (χ1) is 8.16. The third-order valence-electron chi connectivity index (χ3n) is 2.48. The van der Waals surface area contributed by atoms with E-state index in [9.17, 15) is 4.79 Å².